The molecule has 0 aliphatic heterocycles. The number of amides is 1. The molecule has 3 N–H and O–H groups in total. The van der Waals surface area contributed by atoms with Gasteiger partial charge in [0.05, 0.1) is 11.2 Å². The molecule has 0 radical (unpaired) electrons. The molecular formula is C12H13N3OS. The second-order valence-corrected chi connectivity index (χ2v) is 5.00. The summed E-state index contributed by atoms with van der Waals surface area (Å²) in [6.45, 7) is 3.79. The highest BCUT2D eigenvalue weighted by Gasteiger charge is 2.09. The molecule has 1 aromatic carbocycles. The van der Waals surface area contributed by atoms with Crippen LogP contribution >= 0.6 is 11.3 Å². The van der Waals surface area contributed by atoms with Crippen LogP contribution in [0.4, 0.5) is 11.4 Å². The van der Waals surface area contributed by atoms with Gasteiger partial charge in [0.1, 0.15) is 4.88 Å². The number of benzene rings is 1. The van der Waals surface area contributed by atoms with E-state index in [1.807, 2.05) is 26.0 Å². The Morgan fingerprint density at radius 1 is 1.41 bits per heavy atom. The smallest absolute Gasteiger partial charge is 0.267 e. The van der Waals surface area contributed by atoms with Crippen LogP contribution in [0.1, 0.15) is 20.2 Å². The van der Waals surface area contributed by atoms with Crippen LogP contribution in [-0.2, 0) is 0 Å². The number of nitrogens with one attached hydrogen (secondary N) is 1. The fourth-order valence-corrected chi connectivity index (χ4v) is 2.05. The lowest BCUT2D eigenvalue weighted by atomic mass is 10.2. The van der Waals surface area contributed by atoms with Gasteiger partial charge in [-0.25, -0.2) is 4.98 Å². The Hall–Kier alpha value is -1.88. The highest BCUT2D eigenvalue weighted by atomic mass is 32.1. The van der Waals surface area contributed by atoms with Crippen molar-refractivity contribution in [1.29, 1.82) is 0 Å². The first-order valence-electron chi connectivity index (χ1n) is 5.16. The van der Waals surface area contributed by atoms with E-state index in [0.717, 1.165) is 10.6 Å². The van der Waals surface area contributed by atoms with Crippen molar-refractivity contribution in [2.24, 2.45) is 0 Å². The maximum atomic E-state index is 11.8. The quantitative estimate of drug-likeness (QED) is 0.801. The molecule has 0 spiro atoms. The summed E-state index contributed by atoms with van der Waals surface area (Å²) in [5, 5.41) is 3.66. The molecule has 0 aliphatic rings. The number of carbonyl (C=O) groups is 1. The average molecular weight is 247 g/mol. The zero-order valence-corrected chi connectivity index (χ0v) is 10.5. The standard InChI is InChI=1S/C12H13N3OS/c1-7-3-4-9(5-10(7)13)15-12(16)11-6-14-8(2)17-11/h3-6H,13H2,1-2H3,(H,15,16). The summed E-state index contributed by atoms with van der Waals surface area (Å²) in [7, 11) is 0. The predicted octanol–water partition coefficient (Wildman–Crippen LogP) is 2.59. The summed E-state index contributed by atoms with van der Waals surface area (Å²) in [5.74, 6) is -0.154. The molecule has 5 heteroatoms. The molecule has 4 nitrogen and oxygen atoms in total. The van der Waals surface area contributed by atoms with E-state index < -0.39 is 0 Å². The van der Waals surface area contributed by atoms with Crippen LogP contribution < -0.4 is 11.1 Å². The molecule has 0 unspecified atom stereocenters. The van der Waals surface area contributed by atoms with Gasteiger partial charge in [-0.05, 0) is 31.5 Å². The third-order valence-corrected chi connectivity index (χ3v) is 3.29. The minimum atomic E-state index is -0.154. The molecule has 17 heavy (non-hydrogen) atoms. The summed E-state index contributed by atoms with van der Waals surface area (Å²) >= 11 is 1.37. The Labute approximate surface area is 103 Å². The third-order valence-electron chi connectivity index (χ3n) is 2.38. The Balaban J connectivity index is 2.15. The van der Waals surface area contributed by atoms with Gasteiger partial charge in [-0.3, -0.25) is 4.79 Å². The maximum Gasteiger partial charge on any atom is 0.267 e. The van der Waals surface area contributed by atoms with Crippen molar-refractivity contribution < 1.29 is 4.79 Å². The number of rotatable bonds is 2. The number of hydrogen-bond donors (Lipinski definition) is 2. The van der Waals surface area contributed by atoms with Crippen LogP contribution in [-0.4, -0.2) is 10.9 Å². The van der Waals surface area contributed by atoms with E-state index in [-0.39, 0.29) is 5.91 Å². The highest BCUT2D eigenvalue weighted by Crippen LogP contribution is 2.19. The Morgan fingerprint density at radius 2 is 2.18 bits per heavy atom. The van der Waals surface area contributed by atoms with E-state index in [2.05, 4.69) is 10.3 Å². The van der Waals surface area contributed by atoms with Gasteiger partial charge >= 0.3 is 0 Å². The van der Waals surface area contributed by atoms with Gasteiger partial charge in [0.2, 0.25) is 0 Å². The number of aryl methyl sites for hydroxylation is 2. The van der Waals surface area contributed by atoms with Gasteiger partial charge in [0, 0.05) is 11.4 Å². The number of hydrogen-bond acceptors (Lipinski definition) is 4. The van der Waals surface area contributed by atoms with E-state index in [1.54, 1.807) is 12.3 Å². The monoisotopic (exact) mass is 247 g/mol. The molecule has 0 aliphatic carbocycles. The molecule has 1 heterocycles. The van der Waals surface area contributed by atoms with Gasteiger partial charge in [-0.15, -0.1) is 11.3 Å². The van der Waals surface area contributed by atoms with Crippen molar-refractivity contribution in [3.63, 3.8) is 0 Å². The predicted molar refractivity (Wildman–Crippen MR) is 70.4 cm³/mol. The van der Waals surface area contributed by atoms with Crippen LogP contribution in [0, 0.1) is 13.8 Å². The summed E-state index contributed by atoms with van der Waals surface area (Å²) in [5.41, 5.74) is 8.14. The van der Waals surface area contributed by atoms with E-state index >= 15 is 0 Å². The van der Waals surface area contributed by atoms with Crippen LogP contribution in [0.25, 0.3) is 0 Å². The third kappa shape index (κ3) is 2.62. The Kier molecular flexibility index (Phi) is 3.10. The highest BCUT2D eigenvalue weighted by molar-refractivity contribution is 7.13. The van der Waals surface area contributed by atoms with Crippen molar-refractivity contribution >= 4 is 28.6 Å². The molecule has 0 bridgehead atoms. The number of aromatic nitrogens is 1. The van der Waals surface area contributed by atoms with E-state index in [0.29, 0.717) is 16.3 Å². The zero-order valence-electron chi connectivity index (χ0n) is 9.65. The topological polar surface area (TPSA) is 68.0 Å². The molecule has 2 rings (SSSR count). The van der Waals surface area contributed by atoms with Gasteiger partial charge in [0.15, 0.2) is 0 Å². The SMILES string of the molecule is Cc1ncc(C(=O)Nc2ccc(C)c(N)c2)s1. The van der Waals surface area contributed by atoms with Crippen molar-refractivity contribution in [1.82, 2.24) is 4.98 Å². The fourth-order valence-electron chi connectivity index (χ4n) is 1.38. The minimum absolute atomic E-state index is 0.154. The van der Waals surface area contributed by atoms with Crippen LogP contribution in [0.2, 0.25) is 0 Å². The minimum Gasteiger partial charge on any atom is -0.398 e. The van der Waals surface area contributed by atoms with Crippen LogP contribution in [0.5, 0.6) is 0 Å². The largest absolute Gasteiger partial charge is 0.398 e. The Bertz CT molecular complexity index is 563. The van der Waals surface area contributed by atoms with Gasteiger partial charge in [-0.2, -0.15) is 0 Å². The summed E-state index contributed by atoms with van der Waals surface area (Å²) < 4.78 is 0. The van der Waals surface area contributed by atoms with Crippen molar-refractivity contribution in [3.05, 3.63) is 39.8 Å². The average Bonchev–Trinajstić information content (AvgIpc) is 2.70. The van der Waals surface area contributed by atoms with E-state index in [4.69, 9.17) is 5.73 Å². The summed E-state index contributed by atoms with van der Waals surface area (Å²) in [4.78, 5) is 16.5. The lowest BCUT2D eigenvalue weighted by molar-refractivity contribution is 0.103. The number of nitrogens with zero attached hydrogens (tertiary/aromatic N) is 1. The van der Waals surface area contributed by atoms with Crippen molar-refractivity contribution in [2.75, 3.05) is 11.1 Å². The van der Waals surface area contributed by atoms with E-state index in [1.165, 1.54) is 11.3 Å². The lowest BCUT2D eigenvalue weighted by Crippen LogP contribution is -2.10. The first kappa shape index (κ1) is 11.6. The molecule has 0 fully saturated rings. The maximum absolute atomic E-state index is 11.8. The Morgan fingerprint density at radius 3 is 2.76 bits per heavy atom. The van der Waals surface area contributed by atoms with Crippen LogP contribution in [0.3, 0.4) is 0 Å². The first-order valence-corrected chi connectivity index (χ1v) is 5.98. The second-order valence-electron chi connectivity index (χ2n) is 3.77. The number of nitrogens with two attached hydrogens (primary N) is 1. The fraction of sp³-hybridized carbons (Fsp3) is 0.167. The van der Waals surface area contributed by atoms with Gasteiger partial charge in [0.25, 0.3) is 5.91 Å². The number of nitrogen functional groups attached to an aromatic ring is 1. The molecule has 1 aromatic heterocycles. The molecule has 88 valence electrons. The van der Waals surface area contributed by atoms with Gasteiger partial charge < -0.3 is 11.1 Å². The summed E-state index contributed by atoms with van der Waals surface area (Å²) in [6, 6.07) is 5.46. The molecule has 1 amide bonds. The number of carbonyl (C=O) groups excluding carboxylic acids is 1. The lowest BCUT2D eigenvalue weighted by Gasteiger charge is -2.06. The first-order chi connectivity index (χ1) is 8.06. The molecule has 2 aromatic rings. The number of thiazole rings is 1. The molecule has 0 saturated carbocycles. The van der Waals surface area contributed by atoms with E-state index in [9.17, 15) is 4.79 Å². The van der Waals surface area contributed by atoms with Crippen molar-refractivity contribution in [2.45, 2.75) is 13.8 Å². The molecule has 0 saturated heterocycles. The van der Waals surface area contributed by atoms with Crippen LogP contribution in [0.15, 0.2) is 24.4 Å². The number of anilines is 2. The molecular weight excluding hydrogens is 234 g/mol. The van der Waals surface area contributed by atoms with Gasteiger partial charge in [-0.1, -0.05) is 6.07 Å². The summed E-state index contributed by atoms with van der Waals surface area (Å²) in [6.07, 6.45) is 1.58. The zero-order chi connectivity index (χ0) is 12.4. The second kappa shape index (κ2) is 4.55. The molecule has 0 atom stereocenters. The normalized spacial score (nSPS) is 10.2. The van der Waals surface area contributed by atoms with Crippen molar-refractivity contribution in [3.8, 4) is 0 Å².